The molecule has 0 fully saturated rings. The van der Waals surface area contributed by atoms with Crippen LogP contribution in [0.2, 0.25) is 0 Å². The predicted molar refractivity (Wildman–Crippen MR) is 167 cm³/mol. The lowest BCUT2D eigenvalue weighted by atomic mass is 10.2. The number of carbonyl (C=O) groups is 7. The number of esters is 1. The zero-order chi connectivity index (χ0) is 31.0. The van der Waals surface area contributed by atoms with Gasteiger partial charge in [0.15, 0.2) is 0 Å². The number of amides is 6. The van der Waals surface area contributed by atoms with Crippen LogP contribution in [0.4, 0.5) is 0 Å². The molecule has 0 radical (unpaired) electrons. The van der Waals surface area contributed by atoms with E-state index in [-0.39, 0.29) is 66.6 Å². The van der Waals surface area contributed by atoms with Crippen LogP contribution in [0.3, 0.4) is 0 Å². The van der Waals surface area contributed by atoms with Crippen molar-refractivity contribution in [3.05, 3.63) is 12.2 Å². The number of unbranched alkanes of at least 4 members (excludes halogenated alkanes) is 2. The Balaban J connectivity index is -0.000000870. The molecule has 0 aromatic carbocycles. The molecule has 0 saturated heterocycles. The molecule has 0 aromatic rings. The molecular weight excluding hydrogens is 574 g/mol. The molecule has 0 aliphatic carbocycles. The van der Waals surface area contributed by atoms with Crippen LogP contribution < -0.4 is 21.3 Å². The van der Waals surface area contributed by atoms with Crippen LogP contribution in [0.15, 0.2) is 12.2 Å². The Morgan fingerprint density at radius 1 is 0.829 bits per heavy atom. The number of ether oxygens (including phenoxy) is 1. The van der Waals surface area contributed by atoms with Gasteiger partial charge in [-0.2, -0.15) is 0 Å². The molecule has 1 heterocycles. The molecule has 1 aliphatic heterocycles. The summed E-state index contributed by atoms with van der Waals surface area (Å²) in [5.74, 6) is -1.92. The largest absolute Gasteiger partial charge is 0.465 e. The van der Waals surface area contributed by atoms with Gasteiger partial charge in [-0.15, -0.1) is 0 Å². The fourth-order valence-corrected chi connectivity index (χ4v) is 5.20. The van der Waals surface area contributed by atoms with Gasteiger partial charge in [0.1, 0.15) is 6.61 Å². The van der Waals surface area contributed by atoms with Crippen LogP contribution in [-0.2, 0) is 38.3 Å². The van der Waals surface area contributed by atoms with Gasteiger partial charge < -0.3 is 26.0 Å². The van der Waals surface area contributed by atoms with Crippen molar-refractivity contribution in [2.24, 2.45) is 0 Å². The maximum absolute atomic E-state index is 11.8. The van der Waals surface area contributed by atoms with Crippen LogP contribution in [0.25, 0.3) is 0 Å². The Labute approximate surface area is 255 Å². The van der Waals surface area contributed by atoms with Gasteiger partial charge in [-0.3, -0.25) is 38.5 Å². The van der Waals surface area contributed by atoms with E-state index >= 15 is 0 Å². The van der Waals surface area contributed by atoms with E-state index in [1.165, 1.54) is 19.1 Å². The number of nitrogens with one attached hydrogen (secondary N) is 4. The molecule has 240 valence electrons. The number of hydrogen-bond acceptors (Lipinski definition) is 10. The maximum atomic E-state index is 11.8. The van der Waals surface area contributed by atoms with Crippen molar-refractivity contribution in [2.45, 2.75) is 65.0 Å². The van der Waals surface area contributed by atoms with Gasteiger partial charge in [0.05, 0.1) is 19.6 Å². The van der Waals surface area contributed by atoms with E-state index in [0.717, 1.165) is 17.1 Å². The zero-order valence-corrected chi connectivity index (χ0v) is 25.9. The maximum Gasteiger partial charge on any atom is 0.302 e. The minimum atomic E-state index is -0.543. The lowest BCUT2D eigenvalue weighted by Crippen LogP contribution is -2.44. The van der Waals surface area contributed by atoms with Gasteiger partial charge in [0.25, 0.3) is 11.8 Å². The van der Waals surface area contributed by atoms with Gasteiger partial charge in [-0.25, -0.2) is 0 Å². The number of nitrogens with zero attached hydrogens (tertiary/aromatic N) is 1. The van der Waals surface area contributed by atoms with Gasteiger partial charge in [-0.1, -0.05) is 41.9 Å². The third-order valence-electron chi connectivity index (χ3n) is 5.00. The second-order valence-corrected chi connectivity index (χ2v) is 11.5. The molecule has 0 aromatic heterocycles. The fourth-order valence-electron chi connectivity index (χ4n) is 2.98. The molecule has 41 heavy (non-hydrogen) atoms. The van der Waals surface area contributed by atoms with Gasteiger partial charge >= 0.3 is 5.97 Å². The van der Waals surface area contributed by atoms with Crippen LogP contribution >= 0.6 is 21.6 Å². The first kappa shape index (κ1) is 37.9. The van der Waals surface area contributed by atoms with E-state index in [4.69, 9.17) is 4.74 Å². The quantitative estimate of drug-likeness (QED) is 0.0673. The predicted octanol–water partition coefficient (Wildman–Crippen LogP) is 1.67. The van der Waals surface area contributed by atoms with Crippen molar-refractivity contribution < 1.29 is 44.0 Å². The van der Waals surface area contributed by atoms with Crippen LogP contribution in [0, 0.1) is 0 Å². The molecule has 0 spiro atoms. The van der Waals surface area contributed by atoms with Gasteiger partial charge in [0, 0.05) is 55.3 Å². The second-order valence-electron chi connectivity index (χ2n) is 8.54. The van der Waals surface area contributed by atoms with Crippen molar-refractivity contribution in [1.82, 2.24) is 26.2 Å². The summed E-state index contributed by atoms with van der Waals surface area (Å²) in [6.07, 6.45) is 5.14. The Morgan fingerprint density at radius 2 is 1.37 bits per heavy atom. The van der Waals surface area contributed by atoms with E-state index in [1.54, 1.807) is 21.6 Å². The van der Waals surface area contributed by atoms with Crippen LogP contribution in [-0.4, -0.2) is 96.6 Å². The minimum Gasteiger partial charge on any atom is -0.465 e. The molecule has 13 nitrogen and oxygen atoms in total. The van der Waals surface area contributed by atoms with E-state index in [2.05, 4.69) is 21.3 Å². The molecule has 1 aliphatic rings. The lowest BCUT2D eigenvalue weighted by molar-refractivity contribution is -0.141. The van der Waals surface area contributed by atoms with E-state index in [9.17, 15) is 33.6 Å². The molecule has 15 heteroatoms. The molecule has 0 saturated carbocycles. The van der Waals surface area contributed by atoms with E-state index in [1.807, 2.05) is 20.8 Å². The summed E-state index contributed by atoms with van der Waals surface area (Å²) in [6.45, 7) is 7.60. The first-order valence-electron chi connectivity index (χ1n) is 13.6. The average Bonchev–Trinajstić information content (AvgIpc) is 3.27. The molecule has 1 atom stereocenters. The van der Waals surface area contributed by atoms with Crippen molar-refractivity contribution in [1.29, 1.82) is 0 Å². The summed E-state index contributed by atoms with van der Waals surface area (Å²) in [6, 6.07) is 0. The second kappa shape index (κ2) is 23.6. The van der Waals surface area contributed by atoms with E-state index in [0.29, 0.717) is 39.0 Å². The van der Waals surface area contributed by atoms with Crippen LogP contribution in [0.5, 0.6) is 0 Å². The summed E-state index contributed by atoms with van der Waals surface area (Å²) < 4.78 is 4.93. The summed E-state index contributed by atoms with van der Waals surface area (Å²) in [5.41, 5.74) is 0. The highest BCUT2D eigenvalue weighted by Crippen LogP contribution is 2.27. The van der Waals surface area contributed by atoms with Gasteiger partial charge in [-0.05, 0) is 26.2 Å². The SMILES string of the molecule is CC.CC(=O)OCC(C)SSCCCNC(=O)CNC(=O)CNC(=O)CNC(=O)CCCCCN1C(=O)C=CC1=O.[HH].[HH].[HH].[HH]. The summed E-state index contributed by atoms with van der Waals surface area (Å²) in [7, 11) is 3.23. The normalized spacial score (nSPS) is 12.6. The highest BCUT2D eigenvalue weighted by Gasteiger charge is 2.22. The Bertz CT molecular complexity index is 918. The zero-order valence-electron chi connectivity index (χ0n) is 24.2. The number of carbonyl (C=O) groups excluding carboxylic acids is 7. The fraction of sp³-hybridized carbons (Fsp3) is 0.654. The smallest absolute Gasteiger partial charge is 0.302 e. The van der Waals surface area contributed by atoms with Crippen molar-refractivity contribution in [3.8, 4) is 0 Å². The third-order valence-corrected chi connectivity index (χ3v) is 7.95. The molecular formula is C26H51N5O8S2. The van der Waals surface area contributed by atoms with Crippen molar-refractivity contribution in [2.75, 3.05) is 45.1 Å². The molecule has 4 N–H and O–H groups in total. The third kappa shape index (κ3) is 20.5. The molecule has 0 bridgehead atoms. The Kier molecular flexibility index (Phi) is 21.8. The first-order chi connectivity index (χ1) is 19.6. The Morgan fingerprint density at radius 3 is 1.93 bits per heavy atom. The topological polar surface area (TPSA) is 180 Å². The van der Waals surface area contributed by atoms with Gasteiger partial charge in [0.2, 0.25) is 23.6 Å². The minimum absolute atomic E-state index is 0. The summed E-state index contributed by atoms with van der Waals surface area (Å²) in [4.78, 5) is 82.1. The lowest BCUT2D eigenvalue weighted by Gasteiger charge is -2.13. The van der Waals surface area contributed by atoms with Crippen molar-refractivity contribution >= 4 is 63.0 Å². The highest BCUT2D eigenvalue weighted by atomic mass is 33.1. The van der Waals surface area contributed by atoms with Crippen LogP contribution in [0.1, 0.15) is 65.5 Å². The number of imide groups is 1. The molecule has 6 amide bonds. The summed E-state index contributed by atoms with van der Waals surface area (Å²) >= 11 is 0. The standard InChI is InChI=1S/C24H37N5O8S2.C2H6.4H2/c1-17(16-37-18(2)30)39-38-12-6-10-25-20(32)13-27-22(34)15-28-21(33)14-26-19(31)7-4-3-5-11-29-23(35)8-9-24(29)36;1-2;;;;/h8-9,17H,3-7,10-16H2,1-2H3,(H,25,32)(H,26,31)(H,27,34)(H,28,33);1-2H3;4*1H. The van der Waals surface area contributed by atoms with Crippen molar-refractivity contribution in [3.63, 3.8) is 0 Å². The monoisotopic (exact) mass is 625 g/mol. The molecule has 1 rings (SSSR count). The number of rotatable bonds is 20. The first-order valence-corrected chi connectivity index (χ1v) is 16.0. The highest BCUT2D eigenvalue weighted by molar-refractivity contribution is 8.76. The summed E-state index contributed by atoms with van der Waals surface area (Å²) in [5, 5.41) is 10.1. The molecule has 1 unspecified atom stereocenters. The van der Waals surface area contributed by atoms with E-state index < -0.39 is 11.8 Å². The number of hydrogen-bond donors (Lipinski definition) is 4. The Hall–Kier alpha value is -3.07. The average molecular weight is 626 g/mol.